The Morgan fingerprint density at radius 2 is 2.05 bits per heavy atom. The number of benzene rings is 1. The van der Waals surface area contributed by atoms with Gasteiger partial charge < -0.3 is 10.6 Å². The number of nitrogens with one attached hydrogen (secondary N) is 2. The molecule has 0 aromatic heterocycles. The molecule has 2 heteroatoms. The molecule has 0 bridgehead atoms. The van der Waals surface area contributed by atoms with Crippen LogP contribution in [0, 0.1) is 0 Å². The highest BCUT2D eigenvalue weighted by Crippen LogP contribution is 2.19. The molecular formula is C17H28N2. The predicted octanol–water partition coefficient (Wildman–Crippen LogP) is 3.65. The Hall–Kier alpha value is -0.860. The maximum absolute atomic E-state index is 3.79. The van der Waals surface area contributed by atoms with Crippen LogP contribution in [0.1, 0.15) is 57.6 Å². The maximum atomic E-state index is 3.79. The molecule has 3 unspecified atom stereocenters. The second-order valence-electron chi connectivity index (χ2n) is 5.82. The first-order valence-corrected chi connectivity index (χ1v) is 7.84. The lowest BCUT2D eigenvalue weighted by atomic mass is 9.97. The zero-order chi connectivity index (χ0) is 13.5. The number of hydrogen-bond donors (Lipinski definition) is 2. The molecule has 2 N–H and O–H groups in total. The van der Waals surface area contributed by atoms with E-state index in [1.807, 2.05) is 0 Å². The van der Waals surface area contributed by atoms with E-state index in [4.69, 9.17) is 0 Å². The molecule has 1 saturated heterocycles. The molecule has 1 fully saturated rings. The van der Waals surface area contributed by atoms with Crippen LogP contribution in [-0.2, 0) is 0 Å². The van der Waals surface area contributed by atoms with Crippen LogP contribution < -0.4 is 10.6 Å². The van der Waals surface area contributed by atoms with Crippen molar-refractivity contribution in [2.24, 2.45) is 0 Å². The molecule has 2 rings (SSSR count). The molecule has 3 atom stereocenters. The smallest absolute Gasteiger partial charge is 0.0319 e. The Bertz CT molecular complexity index is 344. The van der Waals surface area contributed by atoms with Crippen LogP contribution in [0.4, 0.5) is 0 Å². The van der Waals surface area contributed by atoms with E-state index in [-0.39, 0.29) is 0 Å². The second kappa shape index (κ2) is 7.66. The molecule has 0 aliphatic carbocycles. The molecule has 106 valence electrons. The van der Waals surface area contributed by atoms with Crippen molar-refractivity contribution in [1.29, 1.82) is 0 Å². The lowest BCUT2D eigenvalue weighted by molar-refractivity contribution is 0.328. The normalized spacial score (nSPS) is 22.9. The van der Waals surface area contributed by atoms with E-state index in [1.165, 1.54) is 37.8 Å². The highest BCUT2D eigenvalue weighted by atomic mass is 15.0. The zero-order valence-corrected chi connectivity index (χ0v) is 12.4. The summed E-state index contributed by atoms with van der Waals surface area (Å²) < 4.78 is 0. The summed E-state index contributed by atoms with van der Waals surface area (Å²) in [6.07, 6.45) is 6.46. The minimum atomic E-state index is 0.486. The Balaban J connectivity index is 1.84. The van der Waals surface area contributed by atoms with Crippen LogP contribution in [0.5, 0.6) is 0 Å². The van der Waals surface area contributed by atoms with Gasteiger partial charge >= 0.3 is 0 Å². The first kappa shape index (κ1) is 14.5. The lowest BCUT2D eigenvalue weighted by Crippen LogP contribution is -2.40. The topological polar surface area (TPSA) is 24.1 Å². The monoisotopic (exact) mass is 260 g/mol. The van der Waals surface area contributed by atoms with Crippen LogP contribution in [0.25, 0.3) is 0 Å². The van der Waals surface area contributed by atoms with Crippen LogP contribution in [0.2, 0.25) is 0 Å². The molecule has 1 aliphatic rings. The van der Waals surface area contributed by atoms with E-state index in [1.54, 1.807) is 0 Å². The van der Waals surface area contributed by atoms with Crippen LogP contribution in [0.15, 0.2) is 30.3 Å². The summed E-state index contributed by atoms with van der Waals surface area (Å²) in [6, 6.07) is 12.6. The van der Waals surface area contributed by atoms with Crippen LogP contribution >= 0.6 is 0 Å². The van der Waals surface area contributed by atoms with Gasteiger partial charge in [0.2, 0.25) is 0 Å². The summed E-state index contributed by atoms with van der Waals surface area (Å²) in [5.74, 6) is 0. The predicted molar refractivity (Wildman–Crippen MR) is 82.3 cm³/mol. The van der Waals surface area contributed by atoms with Crippen LogP contribution in [0.3, 0.4) is 0 Å². The molecule has 2 nitrogen and oxygen atoms in total. The highest BCUT2D eigenvalue weighted by molar-refractivity contribution is 5.18. The Kier molecular flexibility index (Phi) is 5.87. The van der Waals surface area contributed by atoms with Gasteiger partial charge in [-0.2, -0.15) is 0 Å². The molecule has 0 amide bonds. The van der Waals surface area contributed by atoms with Crippen molar-refractivity contribution in [1.82, 2.24) is 10.6 Å². The second-order valence-corrected chi connectivity index (χ2v) is 5.82. The lowest BCUT2D eigenvalue weighted by Gasteiger charge is -2.29. The fourth-order valence-electron chi connectivity index (χ4n) is 3.10. The molecule has 1 aromatic rings. The van der Waals surface area contributed by atoms with Crippen molar-refractivity contribution in [3.63, 3.8) is 0 Å². The molecular weight excluding hydrogens is 232 g/mol. The number of hydrogen-bond acceptors (Lipinski definition) is 2. The third kappa shape index (κ3) is 4.63. The molecule has 1 aliphatic heterocycles. The molecule has 1 aromatic carbocycles. The van der Waals surface area contributed by atoms with Gasteiger partial charge in [0.1, 0.15) is 0 Å². The van der Waals surface area contributed by atoms with E-state index in [2.05, 4.69) is 54.8 Å². The first-order chi connectivity index (χ1) is 9.29. The Morgan fingerprint density at radius 3 is 2.68 bits per heavy atom. The van der Waals surface area contributed by atoms with Gasteiger partial charge in [-0.3, -0.25) is 0 Å². The standard InChI is InChI=1S/C17H28N2/c1-3-17(15-9-5-4-6-10-15)19-14(2)13-16-11-7-8-12-18-16/h4-6,9-10,14,16-19H,3,7-8,11-13H2,1-2H3. The van der Waals surface area contributed by atoms with Crippen molar-refractivity contribution in [3.05, 3.63) is 35.9 Å². The van der Waals surface area contributed by atoms with E-state index >= 15 is 0 Å². The third-order valence-electron chi connectivity index (χ3n) is 4.15. The van der Waals surface area contributed by atoms with Crippen molar-refractivity contribution >= 4 is 0 Å². The maximum Gasteiger partial charge on any atom is 0.0319 e. The highest BCUT2D eigenvalue weighted by Gasteiger charge is 2.18. The van der Waals surface area contributed by atoms with Crippen molar-refractivity contribution < 1.29 is 0 Å². The number of rotatable bonds is 6. The molecule has 19 heavy (non-hydrogen) atoms. The molecule has 0 radical (unpaired) electrons. The average molecular weight is 260 g/mol. The fourth-order valence-corrected chi connectivity index (χ4v) is 3.10. The van der Waals surface area contributed by atoms with E-state index in [9.17, 15) is 0 Å². The van der Waals surface area contributed by atoms with Crippen molar-refractivity contribution in [3.8, 4) is 0 Å². The summed E-state index contributed by atoms with van der Waals surface area (Å²) in [7, 11) is 0. The summed E-state index contributed by atoms with van der Waals surface area (Å²) in [4.78, 5) is 0. The third-order valence-corrected chi connectivity index (χ3v) is 4.15. The Morgan fingerprint density at radius 1 is 1.26 bits per heavy atom. The van der Waals surface area contributed by atoms with Gasteiger partial charge in [0.25, 0.3) is 0 Å². The molecule has 0 spiro atoms. The molecule has 0 saturated carbocycles. The SMILES string of the molecule is CCC(NC(C)CC1CCCCN1)c1ccccc1. The van der Waals surface area contributed by atoms with Crippen LogP contribution in [-0.4, -0.2) is 18.6 Å². The summed E-state index contributed by atoms with van der Waals surface area (Å²) in [5.41, 5.74) is 1.41. The first-order valence-electron chi connectivity index (χ1n) is 7.84. The minimum Gasteiger partial charge on any atom is -0.314 e. The fraction of sp³-hybridized carbons (Fsp3) is 0.647. The number of piperidine rings is 1. The summed E-state index contributed by atoms with van der Waals surface area (Å²) in [6.45, 7) is 5.78. The van der Waals surface area contributed by atoms with Crippen molar-refractivity contribution in [2.75, 3.05) is 6.54 Å². The van der Waals surface area contributed by atoms with Gasteiger partial charge in [0, 0.05) is 18.1 Å². The minimum absolute atomic E-state index is 0.486. The van der Waals surface area contributed by atoms with E-state index in [0.717, 1.165) is 6.42 Å². The van der Waals surface area contributed by atoms with E-state index in [0.29, 0.717) is 18.1 Å². The quantitative estimate of drug-likeness (QED) is 0.816. The van der Waals surface area contributed by atoms with Crippen molar-refractivity contribution in [2.45, 2.75) is 64.1 Å². The van der Waals surface area contributed by atoms with Gasteiger partial charge in [0.15, 0.2) is 0 Å². The molecule has 1 heterocycles. The Labute approximate surface area is 118 Å². The van der Waals surface area contributed by atoms with Gasteiger partial charge in [0.05, 0.1) is 0 Å². The van der Waals surface area contributed by atoms with Gasteiger partial charge in [-0.1, -0.05) is 43.7 Å². The average Bonchev–Trinajstić information content (AvgIpc) is 2.47. The summed E-state index contributed by atoms with van der Waals surface area (Å²) in [5, 5.41) is 7.43. The van der Waals surface area contributed by atoms with Gasteiger partial charge in [-0.25, -0.2) is 0 Å². The van der Waals surface area contributed by atoms with Gasteiger partial charge in [-0.15, -0.1) is 0 Å². The zero-order valence-electron chi connectivity index (χ0n) is 12.4. The van der Waals surface area contributed by atoms with E-state index < -0.39 is 0 Å². The largest absolute Gasteiger partial charge is 0.314 e. The summed E-state index contributed by atoms with van der Waals surface area (Å²) >= 11 is 0. The van der Waals surface area contributed by atoms with Gasteiger partial charge in [-0.05, 0) is 44.7 Å².